The van der Waals surface area contributed by atoms with E-state index in [0.717, 1.165) is 10.2 Å². The quantitative estimate of drug-likeness (QED) is 0.713. The Bertz CT molecular complexity index is 900. The van der Waals surface area contributed by atoms with Gasteiger partial charge in [-0.05, 0) is 54.9 Å². The predicted molar refractivity (Wildman–Crippen MR) is 113 cm³/mol. The third-order valence-corrected chi connectivity index (χ3v) is 4.94. The third-order valence-electron chi connectivity index (χ3n) is 4.25. The molecule has 1 aromatic carbocycles. The molecule has 10 heteroatoms. The summed E-state index contributed by atoms with van der Waals surface area (Å²) < 4.78 is 11.0. The first-order valence-electron chi connectivity index (χ1n) is 9.17. The average molecular weight is 466 g/mol. The highest BCUT2D eigenvalue weighted by Crippen LogP contribution is 2.29. The van der Waals surface area contributed by atoms with Crippen molar-refractivity contribution >= 4 is 45.3 Å². The average Bonchev–Trinajstić information content (AvgIpc) is 3.09. The van der Waals surface area contributed by atoms with Crippen LogP contribution in [0.1, 0.15) is 31.3 Å². The van der Waals surface area contributed by atoms with Crippen molar-refractivity contribution in [3.05, 3.63) is 34.6 Å². The highest BCUT2D eigenvalue weighted by Gasteiger charge is 2.26. The highest BCUT2D eigenvalue weighted by molar-refractivity contribution is 9.10. The molecule has 1 saturated heterocycles. The van der Waals surface area contributed by atoms with E-state index in [0.29, 0.717) is 31.9 Å². The molecule has 1 aliphatic rings. The summed E-state index contributed by atoms with van der Waals surface area (Å²) in [5.41, 5.74) is 6.54. The van der Waals surface area contributed by atoms with E-state index in [1.807, 2.05) is 39.0 Å². The minimum absolute atomic E-state index is 0.0641. The standard InChI is InChI=1S/C19H24BrN5O4/c1-19(2,3)29-18(27)25-8-6-24(7-9-25)12-4-5-13(20)14(10-12)22-16(26)15-11-28-17(21)23-15/h4-5,10-11H,6-9H2,1-3H3,(H2,21,23)(H,22,26). The van der Waals surface area contributed by atoms with E-state index < -0.39 is 11.5 Å². The van der Waals surface area contributed by atoms with Gasteiger partial charge in [-0.2, -0.15) is 4.98 Å². The van der Waals surface area contributed by atoms with Gasteiger partial charge in [0.25, 0.3) is 11.9 Å². The summed E-state index contributed by atoms with van der Waals surface area (Å²) in [4.78, 5) is 32.2. The van der Waals surface area contributed by atoms with Crippen molar-refractivity contribution in [1.82, 2.24) is 9.88 Å². The van der Waals surface area contributed by atoms with Crippen LogP contribution in [0.15, 0.2) is 33.4 Å². The lowest BCUT2D eigenvalue weighted by Gasteiger charge is -2.37. The number of nitrogens with zero attached hydrogens (tertiary/aromatic N) is 3. The number of oxazole rings is 1. The second-order valence-corrected chi connectivity index (χ2v) is 8.50. The normalized spacial score (nSPS) is 14.6. The Hall–Kier alpha value is -2.75. The fraction of sp³-hybridized carbons (Fsp3) is 0.421. The van der Waals surface area contributed by atoms with E-state index >= 15 is 0 Å². The molecular weight excluding hydrogens is 442 g/mol. The van der Waals surface area contributed by atoms with Gasteiger partial charge in [0.1, 0.15) is 11.9 Å². The van der Waals surface area contributed by atoms with Gasteiger partial charge in [0.2, 0.25) is 0 Å². The van der Waals surface area contributed by atoms with Gasteiger partial charge < -0.3 is 30.0 Å². The molecule has 0 bridgehead atoms. The van der Waals surface area contributed by atoms with Crippen molar-refractivity contribution < 1.29 is 18.7 Å². The van der Waals surface area contributed by atoms with Crippen LogP contribution < -0.4 is 16.0 Å². The number of halogens is 1. The number of rotatable bonds is 3. The summed E-state index contributed by atoms with van der Waals surface area (Å²) in [7, 11) is 0. The molecule has 3 rings (SSSR count). The number of amides is 2. The van der Waals surface area contributed by atoms with Gasteiger partial charge in [0, 0.05) is 36.3 Å². The maximum atomic E-state index is 12.3. The Morgan fingerprint density at radius 2 is 1.93 bits per heavy atom. The van der Waals surface area contributed by atoms with Gasteiger partial charge in [-0.15, -0.1) is 0 Å². The minimum Gasteiger partial charge on any atom is -0.444 e. The Kier molecular flexibility index (Phi) is 6.02. The fourth-order valence-electron chi connectivity index (χ4n) is 2.86. The number of nitrogen functional groups attached to an aromatic ring is 1. The van der Waals surface area contributed by atoms with Crippen LogP contribution in [0.25, 0.3) is 0 Å². The largest absolute Gasteiger partial charge is 0.444 e. The Labute approximate surface area is 177 Å². The zero-order chi connectivity index (χ0) is 21.2. The Balaban J connectivity index is 1.64. The van der Waals surface area contributed by atoms with Gasteiger partial charge in [-0.3, -0.25) is 4.79 Å². The maximum absolute atomic E-state index is 12.3. The molecule has 0 spiro atoms. The SMILES string of the molecule is CC(C)(C)OC(=O)N1CCN(c2ccc(Br)c(NC(=O)c3coc(N)n3)c2)CC1. The van der Waals surface area contributed by atoms with Crippen molar-refractivity contribution in [2.24, 2.45) is 0 Å². The topological polar surface area (TPSA) is 114 Å². The molecule has 2 aromatic rings. The minimum atomic E-state index is -0.512. The number of nitrogens with two attached hydrogens (primary N) is 1. The summed E-state index contributed by atoms with van der Waals surface area (Å²) in [5, 5.41) is 2.80. The molecule has 156 valence electrons. The van der Waals surface area contributed by atoms with Crippen LogP contribution in [0.2, 0.25) is 0 Å². The smallest absolute Gasteiger partial charge is 0.410 e. The maximum Gasteiger partial charge on any atom is 0.410 e. The van der Waals surface area contributed by atoms with E-state index in [4.69, 9.17) is 14.9 Å². The van der Waals surface area contributed by atoms with Gasteiger partial charge in [0.05, 0.1) is 5.69 Å². The number of carbonyl (C=O) groups is 2. The Morgan fingerprint density at radius 3 is 2.52 bits per heavy atom. The van der Waals surface area contributed by atoms with E-state index in [1.54, 1.807) is 4.90 Å². The number of benzene rings is 1. The molecule has 1 aliphatic heterocycles. The number of aromatic nitrogens is 1. The molecule has 1 fully saturated rings. The molecule has 2 amide bonds. The molecule has 29 heavy (non-hydrogen) atoms. The van der Waals surface area contributed by atoms with Crippen LogP contribution in [0, 0.1) is 0 Å². The first kappa shape index (κ1) is 21.0. The van der Waals surface area contributed by atoms with Crippen LogP contribution in [0.3, 0.4) is 0 Å². The Morgan fingerprint density at radius 1 is 1.24 bits per heavy atom. The summed E-state index contributed by atoms with van der Waals surface area (Å²) in [6.45, 7) is 8.00. The van der Waals surface area contributed by atoms with Crippen LogP contribution in [-0.2, 0) is 4.74 Å². The van der Waals surface area contributed by atoms with Crippen molar-refractivity contribution in [2.45, 2.75) is 26.4 Å². The van der Waals surface area contributed by atoms with E-state index in [2.05, 4.69) is 31.1 Å². The highest BCUT2D eigenvalue weighted by atomic mass is 79.9. The number of anilines is 3. The van der Waals surface area contributed by atoms with E-state index in [-0.39, 0.29) is 17.8 Å². The monoisotopic (exact) mass is 465 g/mol. The van der Waals surface area contributed by atoms with E-state index in [1.165, 1.54) is 6.26 Å². The number of piperazine rings is 1. The van der Waals surface area contributed by atoms with Crippen molar-refractivity contribution in [2.75, 3.05) is 42.1 Å². The second-order valence-electron chi connectivity index (χ2n) is 7.64. The van der Waals surface area contributed by atoms with Crippen molar-refractivity contribution in [3.8, 4) is 0 Å². The van der Waals surface area contributed by atoms with Crippen molar-refractivity contribution in [3.63, 3.8) is 0 Å². The number of carbonyl (C=O) groups excluding carboxylic acids is 2. The predicted octanol–water partition coefficient (Wildman–Crippen LogP) is 3.33. The second kappa shape index (κ2) is 8.32. The van der Waals surface area contributed by atoms with Crippen LogP contribution in [0.5, 0.6) is 0 Å². The molecule has 9 nitrogen and oxygen atoms in total. The van der Waals surface area contributed by atoms with Gasteiger partial charge in [-0.1, -0.05) is 0 Å². The number of hydrogen-bond donors (Lipinski definition) is 2. The fourth-order valence-corrected chi connectivity index (χ4v) is 3.20. The molecule has 3 N–H and O–H groups in total. The first-order valence-corrected chi connectivity index (χ1v) is 9.96. The lowest BCUT2D eigenvalue weighted by atomic mass is 10.2. The summed E-state index contributed by atoms with van der Waals surface area (Å²) in [6, 6.07) is 5.62. The summed E-state index contributed by atoms with van der Waals surface area (Å²) in [5.74, 6) is -0.418. The molecule has 0 aliphatic carbocycles. The van der Waals surface area contributed by atoms with Crippen LogP contribution >= 0.6 is 15.9 Å². The zero-order valence-corrected chi connectivity index (χ0v) is 18.2. The summed E-state index contributed by atoms with van der Waals surface area (Å²) in [6.07, 6.45) is 0.908. The van der Waals surface area contributed by atoms with Crippen molar-refractivity contribution in [1.29, 1.82) is 0 Å². The molecule has 1 aromatic heterocycles. The molecular formula is C19H24BrN5O4. The van der Waals surface area contributed by atoms with Gasteiger partial charge in [0.15, 0.2) is 5.69 Å². The third kappa shape index (κ3) is 5.41. The lowest BCUT2D eigenvalue weighted by molar-refractivity contribution is 0.0240. The first-order chi connectivity index (χ1) is 13.6. The number of nitrogens with one attached hydrogen (secondary N) is 1. The number of hydrogen-bond acceptors (Lipinski definition) is 7. The molecule has 2 heterocycles. The van der Waals surface area contributed by atoms with E-state index in [9.17, 15) is 9.59 Å². The molecule has 0 unspecified atom stereocenters. The lowest BCUT2D eigenvalue weighted by Crippen LogP contribution is -2.50. The zero-order valence-electron chi connectivity index (χ0n) is 16.6. The molecule has 0 atom stereocenters. The summed E-state index contributed by atoms with van der Waals surface area (Å²) >= 11 is 3.45. The van der Waals surface area contributed by atoms with Crippen LogP contribution in [0.4, 0.5) is 22.2 Å². The van der Waals surface area contributed by atoms with Crippen LogP contribution in [-0.4, -0.2) is 53.7 Å². The van der Waals surface area contributed by atoms with Gasteiger partial charge >= 0.3 is 6.09 Å². The molecule has 0 radical (unpaired) electrons. The van der Waals surface area contributed by atoms with Gasteiger partial charge in [-0.25, -0.2) is 4.79 Å². The molecule has 0 saturated carbocycles. The number of ether oxygens (including phenoxy) is 1.